The Morgan fingerprint density at radius 1 is 1.30 bits per heavy atom. The fourth-order valence-corrected chi connectivity index (χ4v) is 3.99. The van der Waals surface area contributed by atoms with Crippen LogP contribution >= 0.6 is 35.3 Å². The van der Waals surface area contributed by atoms with Crippen molar-refractivity contribution in [3.05, 3.63) is 22.4 Å². The van der Waals surface area contributed by atoms with Crippen molar-refractivity contribution >= 4 is 41.3 Å². The summed E-state index contributed by atoms with van der Waals surface area (Å²) in [5.41, 5.74) is 0. The number of hydrogen-bond donors (Lipinski definition) is 1. The molecule has 0 bridgehead atoms. The molecule has 2 rings (SSSR count). The van der Waals surface area contributed by atoms with E-state index in [9.17, 15) is 13.2 Å². The van der Waals surface area contributed by atoms with E-state index in [1.807, 2.05) is 25.1 Å². The third-order valence-electron chi connectivity index (χ3n) is 4.80. The Morgan fingerprint density at radius 3 is 2.37 bits per heavy atom. The van der Waals surface area contributed by atoms with Crippen LogP contribution in [0.15, 0.2) is 22.5 Å². The van der Waals surface area contributed by atoms with Crippen LogP contribution in [0.5, 0.6) is 0 Å². The lowest BCUT2D eigenvalue weighted by Crippen LogP contribution is -2.57. The van der Waals surface area contributed by atoms with Crippen molar-refractivity contribution in [1.29, 1.82) is 0 Å². The average molecular weight is 519 g/mol. The molecule has 1 aromatic heterocycles. The second-order valence-corrected chi connectivity index (χ2v) is 7.64. The van der Waals surface area contributed by atoms with Gasteiger partial charge in [-0.25, -0.2) is 0 Å². The molecule has 1 aliphatic heterocycles. The SMILES string of the molecule is CN=C(NCC(c1cccs1)N(C)C)N1CCN(C(C)C(F)(F)F)CC1.I. The van der Waals surface area contributed by atoms with Crippen LogP contribution in [0.25, 0.3) is 0 Å². The summed E-state index contributed by atoms with van der Waals surface area (Å²) in [6, 6.07) is 2.96. The van der Waals surface area contributed by atoms with Crippen molar-refractivity contribution in [2.45, 2.75) is 25.2 Å². The lowest BCUT2D eigenvalue weighted by molar-refractivity contribution is -0.181. The molecule has 5 nitrogen and oxygen atoms in total. The van der Waals surface area contributed by atoms with Gasteiger partial charge in [0.2, 0.25) is 0 Å². The topological polar surface area (TPSA) is 34.1 Å². The second-order valence-electron chi connectivity index (χ2n) is 6.66. The first-order chi connectivity index (χ1) is 12.2. The van der Waals surface area contributed by atoms with Crippen LogP contribution in [0.3, 0.4) is 0 Å². The van der Waals surface area contributed by atoms with Crippen molar-refractivity contribution < 1.29 is 13.2 Å². The molecule has 27 heavy (non-hydrogen) atoms. The molecule has 1 saturated heterocycles. The number of rotatable bonds is 5. The first-order valence-electron chi connectivity index (χ1n) is 8.70. The van der Waals surface area contributed by atoms with E-state index in [1.165, 1.54) is 16.7 Å². The zero-order valence-corrected chi connectivity index (χ0v) is 19.3. The van der Waals surface area contributed by atoms with E-state index in [-0.39, 0.29) is 30.0 Å². The molecule has 2 atom stereocenters. The second kappa shape index (κ2) is 10.8. The largest absolute Gasteiger partial charge is 0.403 e. The van der Waals surface area contributed by atoms with Crippen LogP contribution < -0.4 is 5.32 Å². The molecule has 0 radical (unpaired) electrons. The van der Waals surface area contributed by atoms with E-state index < -0.39 is 12.2 Å². The number of likely N-dealkylation sites (N-methyl/N-ethyl adjacent to an activating group) is 1. The Hall–Kier alpha value is -0.590. The molecule has 2 heterocycles. The number of aliphatic imine (C=N–C) groups is 1. The number of nitrogens with zero attached hydrogens (tertiary/aromatic N) is 4. The first-order valence-corrected chi connectivity index (χ1v) is 9.58. The molecule has 2 unspecified atom stereocenters. The highest BCUT2D eigenvalue weighted by atomic mass is 127. The number of guanidine groups is 1. The number of thiophene rings is 1. The van der Waals surface area contributed by atoms with Crippen molar-refractivity contribution in [2.24, 2.45) is 4.99 Å². The highest BCUT2D eigenvalue weighted by Gasteiger charge is 2.41. The number of piperazine rings is 1. The quantitative estimate of drug-likeness (QED) is 0.369. The van der Waals surface area contributed by atoms with Crippen LogP contribution in [0.1, 0.15) is 17.8 Å². The van der Waals surface area contributed by atoms with Gasteiger partial charge < -0.3 is 15.1 Å². The summed E-state index contributed by atoms with van der Waals surface area (Å²) < 4.78 is 38.6. The molecule has 1 fully saturated rings. The molecule has 1 N–H and O–H groups in total. The third kappa shape index (κ3) is 6.75. The normalized spacial score (nSPS) is 19.0. The minimum Gasteiger partial charge on any atom is -0.354 e. The molecule has 1 aromatic rings. The third-order valence-corrected chi connectivity index (χ3v) is 5.77. The number of halogens is 4. The van der Waals surface area contributed by atoms with E-state index in [0.29, 0.717) is 32.7 Å². The molecule has 0 spiro atoms. The van der Waals surface area contributed by atoms with Crippen molar-refractivity contribution in [2.75, 3.05) is 53.9 Å². The van der Waals surface area contributed by atoms with E-state index in [2.05, 4.69) is 26.7 Å². The van der Waals surface area contributed by atoms with Crippen LogP contribution in [-0.4, -0.2) is 86.7 Å². The van der Waals surface area contributed by atoms with Gasteiger partial charge in [-0.2, -0.15) is 13.2 Å². The van der Waals surface area contributed by atoms with Crippen LogP contribution in [-0.2, 0) is 0 Å². The number of alkyl halides is 3. The van der Waals surface area contributed by atoms with E-state index >= 15 is 0 Å². The molecule has 10 heteroatoms. The van der Waals surface area contributed by atoms with Gasteiger partial charge in [0.25, 0.3) is 0 Å². The molecule has 156 valence electrons. The zero-order chi connectivity index (χ0) is 19.3. The smallest absolute Gasteiger partial charge is 0.354 e. The monoisotopic (exact) mass is 519 g/mol. The minimum absolute atomic E-state index is 0. The number of hydrogen-bond acceptors (Lipinski definition) is 4. The summed E-state index contributed by atoms with van der Waals surface area (Å²) in [6.07, 6.45) is -4.18. The van der Waals surface area contributed by atoms with Gasteiger partial charge in [-0.3, -0.25) is 9.89 Å². The molecule has 1 aliphatic rings. The average Bonchev–Trinajstić information content (AvgIpc) is 3.11. The van der Waals surface area contributed by atoms with Crippen LogP contribution in [0, 0.1) is 0 Å². The Balaban J connectivity index is 0.00000364. The summed E-state index contributed by atoms with van der Waals surface area (Å²) in [5, 5.41) is 5.44. The Bertz CT molecular complexity index is 572. The predicted octanol–water partition coefficient (Wildman–Crippen LogP) is 3.11. The van der Waals surface area contributed by atoms with Gasteiger partial charge in [0, 0.05) is 44.6 Å². The lowest BCUT2D eigenvalue weighted by Gasteiger charge is -2.40. The molecule has 0 amide bonds. The van der Waals surface area contributed by atoms with Crippen molar-refractivity contribution in [3.8, 4) is 0 Å². The number of nitrogens with one attached hydrogen (secondary N) is 1. The Kier molecular flexibility index (Phi) is 9.80. The summed E-state index contributed by atoms with van der Waals surface area (Å²) >= 11 is 1.71. The minimum atomic E-state index is -4.18. The Morgan fingerprint density at radius 2 is 1.93 bits per heavy atom. The summed E-state index contributed by atoms with van der Waals surface area (Å²) in [7, 11) is 5.78. The van der Waals surface area contributed by atoms with Crippen molar-refractivity contribution in [3.63, 3.8) is 0 Å². The van der Waals surface area contributed by atoms with Crippen LogP contribution in [0.2, 0.25) is 0 Å². The highest BCUT2D eigenvalue weighted by molar-refractivity contribution is 14.0. The Labute approximate surface area is 180 Å². The maximum Gasteiger partial charge on any atom is 0.403 e. The maximum absolute atomic E-state index is 12.9. The van der Waals surface area contributed by atoms with E-state index in [1.54, 1.807) is 18.4 Å². The van der Waals surface area contributed by atoms with E-state index in [0.717, 1.165) is 5.96 Å². The summed E-state index contributed by atoms with van der Waals surface area (Å²) in [6.45, 7) is 3.75. The van der Waals surface area contributed by atoms with Gasteiger partial charge in [-0.05, 0) is 32.5 Å². The fraction of sp³-hybridized carbons (Fsp3) is 0.706. The zero-order valence-electron chi connectivity index (χ0n) is 16.2. The summed E-state index contributed by atoms with van der Waals surface area (Å²) in [4.78, 5) is 11.2. The molecule has 0 saturated carbocycles. The van der Waals surface area contributed by atoms with E-state index in [4.69, 9.17) is 0 Å². The predicted molar refractivity (Wildman–Crippen MR) is 116 cm³/mol. The standard InChI is InChI=1S/C17H28F3N5S.HI/c1-13(17(18,19)20)24-7-9-25(10-8-24)16(21-2)22-12-14(23(3)4)15-6-5-11-26-15;/h5-6,11,13-14H,7-10,12H2,1-4H3,(H,21,22);1H. The lowest BCUT2D eigenvalue weighted by atomic mass is 10.2. The highest BCUT2D eigenvalue weighted by Crippen LogP contribution is 2.25. The van der Waals surface area contributed by atoms with Gasteiger partial charge in [0.15, 0.2) is 5.96 Å². The summed E-state index contributed by atoms with van der Waals surface area (Å²) in [5.74, 6) is 0.743. The maximum atomic E-state index is 12.9. The van der Waals surface area contributed by atoms with Gasteiger partial charge in [-0.1, -0.05) is 6.07 Å². The first kappa shape index (κ1) is 24.4. The molecule has 0 aromatic carbocycles. The van der Waals surface area contributed by atoms with Gasteiger partial charge in [0.05, 0.1) is 6.04 Å². The molecular formula is C17H29F3IN5S. The fourth-order valence-electron chi connectivity index (χ4n) is 3.07. The van der Waals surface area contributed by atoms with Gasteiger partial charge in [0.1, 0.15) is 6.04 Å². The van der Waals surface area contributed by atoms with Gasteiger partial charge in [-0.15, -0.1) is 35.3 Å². The molecular weight excluding hydrogens is 490 g/mol. The van der Waals surface area contributed by atoms with Gasteiger partial charge >= 0.3 is 6.18 Å². The van der Waals surface area contributed by atoms with Crippen LogP contribution in [0.4, 0.5) is 13.2 Å². The molecule has 0 aliphatic carbocycles. The van der Waals surface area contributed by atoms with Crippen molar-refractivity contribution in [1.82, 2.24) is 20.0 Å².